The number of carbonyl (C=O) groups excluding carboxylic acids is 2. The first kappa shape index (κ1) is 21.9. The first-order valence-corrected chi connectivity index (χ1v) is 8.97. The summed E-state index contributed by atoms with van der Waals surface area (Å²) in [5.74, 6) is -1.85. The number of carbonyl (C=O) groups is 2. The highest BCUT2D eigenvalue weighted by Crippen LogP contribution is 2.31. The number of alkyl halides is 3. The van der Waals surface area contributed by atoms with E-state index in [2.05, 4.69) is 20.6 Å². The minimum atomic E-state index is -4.54. The van der Waals surface area contributed by atoms with Crippen molar-refractivity contribution in [3.63, 3.8) is 0 Å². The van der Waals surface area contributed by atoms with E-state index in [1.807, 2.05) is 0 Å². The van der Waals surface area contributed by atoms with Crippen molar-refractivity contribution in [1.29, 1.82) is 0 Å². The molecule has 0 fully saturated rings. The van der Waals surface area contributed by atoms with Gasteiger partial charge in [0, 0.05) is 19.4 Å². The standard InChI is InChI=1S/C21H16F4N4O2/c1-26-19(30)13-6-9-16(28-11-13)20(31)29-17(18-15(22)3-2-10-27-18)12-4-7-14(8-5-12)21(23,24)25/h2-11,17H,1H3,(H,26,30)(H,29,31). The second-order valence-corrected chi connectivity index (χ2v) is 6.41. The molecule has 1 unspecified atom stereocenters. The Morgan fingerprint density at radius 3 is 2.23 bits per heavy atom. The van der Waals surface area contributed by atoms with E-state index in [1.54, 1.807) is 0 Å². The van der Waals surface area contributed by atoms with Crippen LogP contribution in [0.4, 0.5) is 17.6 Å². The number of nitrogens with one attached hydrogen (secondary N) is 2. The van der Waals surface area contributed by atoms with Gasteiger partial charge in [0.2, 0.25) is 0 Å². The highest BCUT2D eigenvalue weighted by molar-refractivity contribution is 5.96. The second-order valence-electron chi connectivity index (χ2n) is 6.41. The van der Waals surface area contributed by atoms with Gasteiger partial charge in [-0.25, -0.2) is 4.39 Å². The van der Waals surface area contributed by atoms with E-state index in [-0.39, 0.29) is 22.5 Å². The Hall–Kier alpha value is -3.82. The molecule has 0 aliphatic heterocycles. The molecule has 3 rings (SSSR count). The normalized spacial score (nSPS) is 12.2. The highest BCUT2D eigenvalue weighted by atomic mass is 19.4. The molecule has 6 nitrogen and oxygen atoms in total. The van der Waals surface area contributed by atoms with Crippen LogP contribution in [0.1, 0.15) is 43.7 Å². The summed E-state index contributed by atoms with van der Waals surface area (Å²) in [5.41, 5.74) is -0.692. The third kappa shape index (κ3) is 5.03. The number of benzene rings is 1. The van der Waals surface area contributed by atoms with Crippen molar-refractivity contribution < 1.29 is 27.2 Å². The highest BCUT2D eigenvalue weighted by Gasteiger charge is 2.31. The maximum atomic E-state index is 14.4. The molecule has 2 N–H and O–H groups in total. The molecule has 2 amide bonds. The van der Waals surface area contributed by atoms with Gasteiger partial charge in [0.1, 0.15) is 17.2 Å². The molecule has 1 atom stereocenters. The molecule has 1 aromatic carbocycles. The number of nitrogens with zero attached hydrogens (tertiary/aromatic N) is 2. The van der Waals surface area contributed by atoms with Crippen molar-refractivity contribution in [2.24, 2.45) is 0 Å². The molecule has 0 saturated heterocycles. The Balaban J connectivity index is 1.93. The van der Waals surface area contributed by atoms with Gasteiger partial charge in [-0.15, -0.1) is 0 Å². The fourth-order valence-corrected chi connectivity index (χ4v) is 2.80. The van der Waals surface area contributed by atoms with Crippen molar-refractivity contribution in [3.8, 4) is 0 Å². The van der Waals surface area contributed by atoms with Crippen LogP contribution in [0.15, 0.2) is 60.9 Å². The summed E-state index contributed by atoms with van der Waals surface area (Å²) in [5, 5.41) is 4.96. The van der Waals surface area contributed by atoms with Crippen molar-refractivity contribution in [2.75, 3.05) is 7.05 Å². The largest absolute Gasteiger partial charge is 0.416 e. The van der Waals surface area contributed by atoms with Crippen LogP contribution < -0.4 is 10.6 Å². The fraction of sp³-hybridized carbons (Fsp3) is 0.143. The topological polar surface area (TPSA) is 84.0 Å². The molecule has 2 heterocycles. The van der Waals surface area contributed by atoms with E-state index in [0.29, 0.717) is 0 Å². The predicted molar refractivity (Wildman–Crippen MR) is 103 cm³/mol. The van der Waals surface area contributed by atoms with E-state index in [1.165, 1.54) is 37.6 Å². The summed E-state index contributed by atoms with van der Waals surface area (Å²) in [6.45, 7) is 0. The molecular formula is C21H16F4N4O2. The molecule has 0 aliphatic carbocycles. The van der Waals surface area contributed by atoms with Gasteiger partial charge in [-0.3, -0.25) is 19.6 Å². The monoisotopic (exact) mass is 432 g/mol. The molecule has 2 aromatic heterocycles. The number of rotatable bonds is 5. The lowest BCUT2D eigenvalue weighted by Gasteiger charge is -2.20. The molecule has 0 spiro atoms. The number of amides is 2. The Labute approximate surface area is 174 Å². The van der Waals surface area contributed by atoms with Crippen molar-refractivity contribution in [2.45, 2.75) is 12.2 Å². The van der Waals surface area contributed by atoms with Crippen LogP contribution in [-0.4, -0.2) is 28.8 Å². The molecule has 0 aliphatic rings. The summed E-state index contributed by atoms with van der Waals surface area (Å²) >= 11 is 0. The molecular weight excluding hydrogens is 416 g/mol. The van der Waals surface area contributed by atoms with Gasteiger partial charge in [-0.05, 0) is 42.0 Å². The van der Waals surface area contributed by atoms with Crippen LogP contribution in [0, 0.1) is 5.82 Å². The number of hydrogen-bond acceptors (Lipinski definition) is 4. The minimum absolute atomic E-state index is 0.0686. The van der Waals surface area contributed by atoms with E-state index in [0.717, 1.165) is 30.3 Å². The lowest BCUT2D eigenvalue weighted by atomic mass is 10.0. The SMILES string of the molecule is CNC(=O)c1ccc(C(=O)NC(c2ccc(C(F)(F)F)cc2)c2ncccc2F)nc1. The number of halogens is 4. The van der Waals surface area contributed by atoms with Gasteiger partial charge >= 0.3 is 6.18 Å². The average molecular weight is 432 g/mol. The maximum Gasteiger partial charge on any atom is 0.416 e. The van der Waals surface area contributed by atoms with E-state index >= 15 is 0 Å². The van der Waals surface area contributed by atoms with Crippen LogP contribution in [-0.2, 0) is 6.18 Å². The second kappa shape index (κ2) is 8.90. The Morgan fingerprint density at radius 2 is 1.68 bits per heavy atom. The lowest BCUT2D eigenvalue weighted by molar-refractivity contribution is -0.137. The summed E-state index contributed by atoms with van der Waals surface area (Å²) in [6, 6.07) is 7.96. The van der Waals surface area contributed by atoms with Gasteiger partial charge < -0.3 is 10.6 Å². The zero-order valence-electron chi connectivity index (χ0n) is 16.1. The van der Waals surface area contributed by atoms with Gasteiger partial charge in [-0.2, -0.15) is 13.2 Å². The molecule has 0 bridgehead atoms. The van der Waals surface area contributed by atoms with E-state index in [9.17, 15) is 27.2 Å². The average Bonchev–Trinajstić information content (AvgIpc) is 2.77. The predicted octanol–water partition coefficient (Wildman–Crippen LogP) is 3.51. The first-order valence-electron chi connectivity index (χ1n) is 8.97. The number of aromatic nitrogens is 2. The van der Waals surface area contributed by atoms with Crippen LogP contribution in [0.5, 0.6) is 0 Å². The van der Waals surface area contributed by atoms with Gasteiger partial charge in [0.25, 0.3) is 11.8 Å². The van der Waals surface area contributed by atoms with E-state index < -0.39 is 35.4 Å². The molecule has 0 saturated carbocycles. The Morgan fingerprint density at radius 1 is 0.968 bits per heavy atom. The molecule has 160 valence electrons. The lowest BCUT2D eigenvalue weighted by Crippen LogP contribution is -2.31. The van der Waals surface area contributed by atoms with Crippen LogP contribution in [0.25, 0.3) is 0 Å². The number of hydrogen-bond donors (Lipinski definition) is 2. The zero-order chi connectivity index (χ0) is 22.6. The van der Waals surface area contributed by atoms with Crippen molar-refractivity contribution in [1.82, 2.24) is 20.6 Å². The smallest absolute Gasteiger partial charge is 0.355 e. The minimum Gasteiger partial charge on any atom is -0.355 e. The summed E-state index contributed by atoms with van der Waals surface area (Å²) in [6.07, 6.45) is -2.04. The molecule has 0 radical (unpaired) electrons. The number of pyridine rings is 2. The van der Waals surface area contributed by atoms with Crippen LogP contribution >= 0.6 is 0 Å². The first-order chi connectivity index (χ1) is 14.7. The van der Waals surface area contributed by atoms with Gasteiger partial charge in [-0.1, -0.05) is 12.1 Å². The Bertz CT molecular complexity index is 1080. The Kier molecular flexibility index (Phi) is 6.28. The van der Waals surface area contributed by atoms with Crippen molar-refractivity contribution in [3.05, 3.63) is 94.8 Å². The van der Waals surface area contributed by atoms with Crippen LogP contribution in [0.2, 0.25) is 0 Å². The maximum absolute atomic E-state index is 14.4. The van der Waals surface area contributed by atoms with E-state index in [4.69, 9.17) is 0 Å². The van der Waals surface area contributed by atoms with Crippen LogP contribution in [0.3, 0.4) is 0 Å². The molecule has 3 aromatic rings. The zero-order valence-corrected chi connectivity index (χ0v) is 16.1. The summed E-state index contributed by atoms with van der Waals surface area (Å²) in [4.78, 5) is 32.1. The van der Waals surface area contributed by atoms with Gasteiger partial charge in [0.15, 0.2) is 0 Å². The quantitative estimate of drug-likeness (QED) is 0.605. The fourth-order valence-electron chi connectivity index (χ4n) is 2.80. The third-order valence-electron chi connectivity index (χ3n) is 4.39. The summed E-state index contributed by atoms with van der Waals surface area (Å²) in [7, 11) is 1.44. The summed E-state index contributed by atoms with van der Waals surface area (Å²) < 4.78 is 53.0. The molecule has 31 heavy (non-hydrogen) atoms. The van der Waals surface area contributed by atoms with Gasteiger partial charge in [0.05, 0.1) is 17.2 Å². The third-order valence-corrected chi connectivity index (χ3v) is 4.39. The van der Waals surface area contributed by atoms with Crippen molar-refractivity contribution >= 4 is 11.8 Å². The molecule has 10 heteroatoms.